The van der Waals surface area contributed by atoms with Crippen LogP contribution in [0.3, 0.4) is 0 Å². The van der Waals surface area contributed by atoms with Gasteiger partial charge in [-0.2, -0.15) is 0 Å². The van der Waals surface area contributed by atoms with Crippen LogP contribution in [0.2, 0.25) is 0 Å². The molecular weight excluding hydrogens is 298 g/mol. The summed E-state index contributed by atoms with van der Waals surface area (Å²) in [7, 11) is 0. The highest BCUT2D eigenvalue weighted by Crippen LogP contribution is 2.20. The van der Waals surface area contributed by atoms with Crippen molar-refractivity contribution in [3.05, 3.63) is 59.3 Å². The zero-order valence-corrected chi connectivity index (χ0v) is 15.0. The van der Waals surface area contributed by atoms with E-state index in [0.29, 0.717) is 19.1 Å². The fourth-order valence-corrected chi connectivity index (χ4v) is 2.39. The molecule has 1 heterocycles. The highest BCUT2D eigenvalue weighted by molar-refractivity contribution is 5.28. The molecule has 0 fully saturated rings. The van der Waals surface area contributed by atoms with Gasteiger partial charge < -0.3 is 9.47 Å². The van der Waals surface area contributed by atoms with Crippen LogP contribution in [0.5, 0.6) is 5.88 Å². The van der Waals surface area contributed by atoms with E-state index in [-0.39, 0.29) is 0 Å². The molecule has 1 aromatic carbocycles. The van der Waals surface area contributed by atoms with Crippen LogP contribution in [0, 0.1) is 0 Å². The van der Waals surface area contributed by atoms with Gasteiger partial charge in [-0.3, -0.25) is 0 Å². The molecule has 24 heavy (non-hydrogen) atoms. The minimum atomic E-state index is 0.535. The second-order valence-corrected chi connectivity index (χ2v) is 6.05. The van der Waals surface area contributed by atoms with Crippen molar-refractivity contribution in [3.63, 3.8) is 0 Å². The van der Waals surface area contributed by atoms with E-state index in [9.17, 15) is 0 Å². The predicted octanol–water partition coefficient (Wildman–Crippen LogP) is 5.32. The molecule has 130 valence electrons. The Bertz CT molecular complexity index is 584. The van der Waals surface area contributed by atoms with E-state index in [4.69, 9.17) is 14.5 Å². The summed E-state index contributed by atoms with van der Waals surface area (Å²) in [5.74, 6) is 0.712. The zero-order valence-electron chi connectivity index (χ0n) is 15.0. The molecular formula is C21H29NO2. The number of benzene rings is 1. The minimum Gasteiger partial charge on any atom is -0.473 e. The molecule has 1 aromatic heterocycles. The number of unbranched alkanes of at least 4 members (excludes halogenated alkanes) is 2. The van der Waals surface area contributed by atoms with Crippen LogP contribution in [-0.2, 0) is 24.4 Å². The lowest BCUT2D eigenvalue weighted by Gasteiger charge is -2.13. The maximum absolute atomic E-state index is 6.01. The molecule has 0 saturated heterocycles. The molecule has 0 aliphatic heterocycles. The Hall–Kier alpha value is -1.87. The van der Waals surface area contributed by atoms with Gasteiger partial charge in [0.15, 0.2) is 0 Å². The van der Waals surface area contributed by atoms with Gasteiger partial charge in [-0.15, -0.1) is 0 Å². The van der Waals surface area contributed by atoms with Crippen molar-refractivity contribution in [2.75, 3.05) is 6.61 Å². The predicted molar refractivity (Wildman–Crippen MR) is 98.2 cm³/mol. The number of nitrogens with zero attached hydrogens (tertiary/aromatic N) is 1. The van der Waals surface area contributed by atoms with E-state index in [1.165, 1.54) is 6.42 Å². The maximum atomic E-state index is 6.01. The molecule has 0 spiro atoms. The number of ether oxygens (including phenoxy) is 2. The van der Waals surface area contributed by atoms with Crippen LogP contribution in [0.1, 0.15) is 56.4 Å². The van der Waals surface area contributed by atoms with Gasteiger partial charge in [0, 0.05) is 17.9 Å². The lowest BCUT2D eigenvalue weighted by Crippen LogP contribution is -2.05. The lowest BCUT2D eigenvalue weighted by atomic mass is 10.1. The number of hydrogen-bond donors (Lipinski definition) is 0. The van der Waals surface area contributed by atoms with Crippen LogP contribution in [0.15, 0.2) is 42.5 Å². The quantitative estimate of drug-likeness (QED) is 0.523. The molecule has 0 atom stereocenters. The Morgan fingerprint density at radius 3 is 2.42 bits per heavy atom. The van der Waals surface area contributed by atoms with Crippen molar-refractivity contribution >= 4 is 0 Å². The van der Waals surface area contributed by atoms with Gasteiger partial charge in [0.2, 0.25) is 5.88 Å². The van der Waals surface area contributed by atoms with Crippen molar-refractivity contribution in [1.82, 2.24) is 4.98 Å². The van der Waals surface area contributed by atoms with Gasteiger partial charge in [0.1, 0.15) is 6.61 Å². The van der Waals surface area contributed by atoms with Gasteiger partial charge >= 0.3 is 0 Å². The molecule has 0 aliphatic rings. The van der Waals surface area contributed by atoms with Gasteiger partial charge in [-0.05, 0) is 37.0 Å². The Morgan fingerprint density at radius 1 is 0.875 bits per heavy atom. The molecule has 3 heteroatoms. The average molecular weight is 327 g/mol. The van der Waals surface area contributed by atoms with E-state index in [1.54, 1.807) is 0 Å². The molecule has 0 bridgehead atoms. The van der Waals surface area contributed by atoms with Gasteiger partial charge in [-0.1, -0.05) is 57.0 Å². The van der Waals surface area contributed by atoms with Crippen molar-refractivity contribution in [3.8, 4) is 5.88 Å². The topological polar surface area (TPSA) is 31.4 Å². The number of hydrogen-bond acceptors (Lipinski definition) is 3. The molecule has 0 amide bonds. The van der Waals surface area contributed by atoms with E-state index < -0.39 is 0 Å². The molecule has 0 radical (unpaired) electrons. The first-order valence-corrected chi connectivity index (χ1v) is 9.06. The summed E-state index contributed by atoms with van der Waals surface area (Å²) in [6.07, 6.45) is 5.55. The molecule has 0 aliphatic carbocycles. The SMILES string of the molecule is CCCCOCc1ccc(CCCC)nc1OCc1ccccc1. The van der Waals surface area contributed by atoms with E-state index >= 15 is 0 Å². The van der Waals surface area contributed by atoms with E-state index in [1.807, 2.05) is 18.2 Å². The number of aromatic nitrogens is 1. The molecule has 3 nitrogen and oxygen atoms in total. The van der Waals surface area contributed by atoms with Gasteiger partial charge in [-0.25, -0.2) is 4.98 Å². The fourth-order valence-electron chi connectivity index (χ4n) is 2.39. The molecule has 2 aromatic rings. The summed E-state index contributed by atoms with van der Waals surface area (Å²) >= 11 is 0. The third-order valence-corrected chi connectivity index (χ3v) is 3.90. The molecule has 0 N–H and O–H groups in total. The van der Waals surface area contributed by atoms with Crippen LogP contribution in [0.25, 0.3) is 0 Å². The number of rotatable bonds is 11. The Labute approximate surface area is 146 Å². The number of pyridine rings is 1. The Kier molecular flexibility index (Phi) is 8.33. The van der Waals surface area contributed by atoms with Crippen molar-refractivity contribution < 1.29 is 9.47 Å². The zero-order chi connectivity index (χ0) is 17.0. The smallest absolute Gasteiger partial charge is 0.219 e. The number of aryl methyl sites for hydroxylation is 1. The minimum absolute atomic E-state index is 0.535. The third kappa shape index (κ3) is 6.32. The van der Waals surface area contributed by atoms with Crippen LogP contribution >= 0.6 is 0 Å². The highest BCUT2D eigenvalue weighted by atomic mass is 16.5. The third-order valence-electron chi connectivity index (χ3n) is 3.90. The highest BCUT2D eigenvalue weighted by Gasteiger charge is 2.08. The van der Waals surface area contributed by atoms with Crippen LogP contribution in [-0.4, -0.2) is 11.6 Å². The summed E-state index contributed by atoms with van der Waals surface area (Å²) in [4.78, 5) is 4.72. The summed E-state index contributed by atoms with van der Waals surface area (Å²) in [5, 5.41) is 0. The average Bonchev–Trinajstić information content (AvgIpc) is 2.63. The second-order valence-electron chi connectivity index (χ2n) is 6.05. The first-order chi connectivity index (χ1) is 11.8. The van der Waals surface area contributed by atoms with Gasteiger partial charge in [0.25, 0.3) is 0 Å². The standard InChI is InChI=1S/C21H29NO2/c1-3-5-12-20-14-13-19(17-23-15-6-4-2)21(22-20)24-16-18-10-8-7-9-11-18/h7-11,13-14H,3-6,12,15-17H2,1-2H3. The maximum Gasteiger partial charge on any atom is 0.219 e. The fraction of sp³-hybridized carbons (Fsp3) is 0.476. The largest absolute Gasteiger partial charge is 0.473 e. The lowest BCUT2D eigenvalue weighted by molar-refractivity contribution is 0.114. The Balaban J connectivity index is 2.03. The van der Waals surface area contributed by atoms with Crippen molar-refractivity contribution in [2.45, 2.75) is 59.2 Å². The van der Waals surface area contributed by atoms with Crippen molar-refractivity contribution in [2.24, 2.45) is 0 Å². The summed E-state index contributed by atoms with van der Waals surface area (Å²) < 4.78 is 11.8. The Morgan fingerprint density at radius 2 is 1.67 bits per heavy atom. The summed E-state index contributed by atoms with van der Waals surface area (Å²) in [6.45, 7) is 6.25. The van der Waals surface area contributed by atoms with Crippen molar-refractivity contribution in [1.29, 1.82) is 0 Å². The molecule has 0 unspecified atom stereocenters. The summed E-state index contributed by atoms with van der Waals surface area (Å²) in [5.41, 5.74) is 3.27. The second kappa shape index (κ2) is 10.8. The first-order valence-electron chi connectivity index (χ1n) is 9.06. The molecule has 2 rings (SSSR count). The van der Waals surface area contributed by atoms with Crippen LogP contribution in [0.4, 0.5) is 0 Å². The molecule has 0 saturated carbocycles. The first kappa shape index (κ1) is 18.5. The van der Waals surface area contributed by atoms with E-state index in [2.05, 4.69) is 38.1 Å². The van der Waals surface area contributed by atoms with Crippen LogP contribution < -0.4 is 4.74 Å². The van der Waals surface area contributed by atoms with Gasteiger partial charge in [0.05, 0.1) is 6.61 Å². The normalized spacial score (nSPS) is 10.8. The monoisotopic (exact) mass is 327 g/mol. The summed E-state index contributed by atoms with van der Waals surface area (Å²) in [6, 6.07) is 14.4. The van der Waals surface area contributed by atoms with E-state index in [0.717, 1.165) is 49.1 Å².